The Kier molecular flexibility index (Phi) is 4.93. The number of hydrogen-bond acceptors (Lipinski definition) is 3. The molecule has 0 spiro atoms. The molecule has 4 heteroatoms. The molecule has 0 aliphatic rings. The Labute approximate surface area is 125 Å². The molecule has 0 atom stereocenters. The molecule has 1 heterocycles. The summed E-state index contributed by atoms with van der Waals surface area (Å²) in [5, 5.41) is 6.01. The van der Waals surface area contributed by atoms with Gasteiger partial charge in [-0.15, -0.1) is 0 Å². The maximum absolute atomic E-state index is 12.3. The minimum Gasteiger partial charge on any atom is -0.388 e. The first-order valence-corrected chi connectivity index (χ1v) is 7.15. The second kappa shape index (κ2) is 6.88. The van der Waals surface area contributed by atoms with Crippen molar-refractivity contribution >= 4 is 11.6 Å². The molecule has 2 aromatic rings. The zero-order chi connectivity index (χ0) is 15.2. The van der Waals surface area contributed by atoms with Crippen molar-refractivity contribution in [1.29, 1.82) is 0 Å². The number of hydrogen-bond donors (Lipinski definition) is 2. The zero-order valence-corrected chi connectivity index (χ0v) is 12.7. The molecule has 110 valence electrons. The lowest BCUT2D eigenvalue weighted by Gasteiger charge is -2.11. The first-order valence-electron chi connectivity index (χ1n) is 7.15. The van der Waals surface area contributed by atoms with Crippen LogP contribution in [0.4, 0.5) is 5.69 Å². The molecule has 4 nitrogen and oxygen atoms in total. The summed E-state index contributed by atoms with van der Waals surface area (Å²) in [6.07, 6.45) is 2.67. The zero-order valence-electron chi connectivity index (χ0n) is 12.7. The lowest BCUT2D eigenvalue weighted by Crippen LogP contribution is -2.24. The standard InChI is InChI=1S/C17H21N3O/c1-4-13-6-5-9-19-16(13)11-20-17(21)15-8-7-14(18-3)10-12(15)2/h5-10,18H,4,11H2,1-3H3,(H,20,21). The third kappa shape index (κ3) is 3.60. The molecular weight excluding hydrogens is 262 g/mol. The molecule has 0 unspecified atom stereocenters. The van der Waals surface area contributed by atoms with Crippen LogP contribution in [0.5, 0.6) is 0 Å². The number of aryl methyl sites for hydroxylation is 2. The van der Waals surface area contributed by atoms with Crippen LogP contribution in [-0.4, -0.2) is 17.9 Å². The highest BCUT2D eigenvalue weighted by atomic mass is 16.1. The van der Waals surface area contributed by atoms with Gasteiger partial charge in [-0.1, -0.05) is 13.0 Å². The number of anilines is 1. The molecule has 2 N–H and O–H groups in total. The Morgan fingerprint density at radius 2 is 2.10 bits per heavy atom. The predicted octanol–water partition coefficient (Wildman–Crippen LogP) is 2.92. The van der Waals surface area contributed by atoms with Crippen molar-refractivity contribution < 1.29 is 4.79 Å². The second-order valence-electron chi connectivity index (χ2n) is 4.93. The van der Waals surface area contributed by atoms with Gasteiger partial charge in [-0.2, -0.15) is 0 Å². The molecule has 2 rings (SSSR count). The molecule has 21 heavy (non-hydrogen) atoms. The molecule has 0 aliphatic carbocycles. The monoisotopic (exact) mass is 283 g/mol. The Morgan fingerprint density at radius 3 is 2.76 bits per heavy atom. The number of carbonyl (C=O) groups excluding carboxylic acids is 1. The van der Waals surface area contributed by atoms with Gasteiger partial charge < -0.3 is 10.6 Å². The number of carbonyl (C=O) groups is 1. The molecule has 1 aromatic carbocycles. The van der Waals surface area contributed by atoms with E-state index in [1.807, 2.05) is 44.3 Å². The topological polar surface area (TPSA) is 54.0 Å². The molecule has 0 saturated heterocycles. The fourth-order valence-corrected chi connectivity index (χ4v) is 2.29. The summed E-state index contributed by atoms with van der Waals surface area (Å²) >= 11 is 0. The first-order chi connectivity index (χ1) is 10.2. The van der Waals surface area contributed by atoms with Gasteiger partial charge in [-0.3, -0.25) is 9.78 Å². The van der Waals surface area contributed by atoms with E-state index in [9.17, 15) is 4.79 Å². The van der Waals surface area contributed by atoms with Crippen LogP contribution in [-0.2, 0) is 13.0 Å². The molecule has 0 fully saturated rings. The highest BCUT2D eigenvalue weighted by Gasteiger charge is 2.10. The van der Waals surface area contributed by atoms with Gasteiger partial charge in [-0.05, 0) is 48.7 Å². The van der Waals surface area contributed by atoms with E-state index in [1.54, 1.807) is 6.20 Å². The Bertz CT molecular complexity index is 638. The van der Waals surface area contributed by atoms with Crippen molar-refractivity contribution in [2.75, 3.05) is 12.4 Å². The molecule has 0 bridgehead atoms. The summed E-state index contributed by atoms with van der Waals surface area (Å²) in [5.74, 6) is -0.0668. The molecule has 1 aromatic heterocycles. The van der Waals surface area contributed by atoms with Crippen LogP contribution in [0.15, 0.2) is 36.5 Å². The van der Waals surface area contributed by atoms with Crippen molar-refractivity contribution in [2.45, 2.75) is 26.8 Å². The van der Waals surface area contributed by atoms with Crippen LogP contribution in [0.25, 0.3) is 0 Å². The highest BCUT2D eigenvalue weighted by molar-refractivity contribution is 5.96. The van der Waals surface area contributed by atoms with E-state index in [2.05, 4.69) is 22.5 Å². The summed E-state index contributed by atoms with van der Waals surface area (Å²) in [7, 11) is 1.86. The fourth-order valence-electron chi connectivity index (χ4n) is 2.29. The minimum atomic E-state index is -0.0668. The minimum absolute atomic E-state index is 0.0668. The number of amides is 1. The Balaban J connectivity index is 2.08. The second-order valence-corrected chi connectivity index (χ2v) is 4.93. The third-order valence-electron chi connectivity index (χ3n) is 3.54. The lowest BCUT2D eigenvalue weighted by atomic mass is 10.1. The number of benzene rings is 1. The summed E-state index contributed by atoms with van der Waals surface area (Å²) in [6.45, 7) is 4.48. The van der Waals surface area contributed by atoms with Crippen molar-refractivity contribution in [2.24, 2.45) is 0 Å². The van der Waals surface area contributed by atoms with Gasteiger partial charge in [0.2, 0.25) is 0 Å². The van der Waals surface area contributed by atoms with Gasteiger partial charge in [0.15, 0.2) is 0 Å². The van der Waals surface area contributed by atoms with Crippen LogP contribution in [0.3, 0.4) is 0 Å². The highest BCUT2D eigenvalue weighted by Crippen LogP contribution is 2.15. The van der Waals surface area contributed by atoms with E-state index in [1.165, 1.54) is 5.56 Å². The molecule has 0 aliphatic heterocycles. The Hall–Kier alpha value is -2.36. The normalized spacial score (nSPS) is 10.2. The van der Waals surface area contributed by atoms with Gasteiger partial charge >= 0.3 is 0 Å². The van der Waals surface area contributed by atoms with Gasteiger partial charge in [0, 0.05) is 24.5 Å². The number of nitrogens with one attached hydrogen (secondary N) is 2. The van der Waals surface area contributed by atoms with Crippen molar-refractivity contribution in [3.05, 3.63) is 58.9 Å². The van der Waals surface area contributed by atoms with Crippen molar-refractivity contribution in [3.8, 4) is 0 Å². The average molecular weight is 283 g/mol. The fraction of sp³-hybridized carbons (Fsp3) is 0.294. The average Bonchev–Trinajstić information content (AvgIpc) is 2.52. The van der Waals surface area contributed by atoms with Gasteiger partial charge in [0.25, 0.3) is 5.91 Å². The molecule has 0 radical (unpaired) electrons. The van der Waals surface area contributed by atoms with Crippen LogP contribution in [0.2, 0.25) is 0 Å². The van der Waals surface area contributed by atoms with E-state index in [4.69, 9.17) is 0 Å². The summed E-state index contributed by atoms with van der Waals surface area (Å²) in [4.78, 5) is 16.6. The van der Waals surface area contributed by atoms with Gasteiger partial charge in [-0.25, -0.2) is 0 Å². The van der Waals surface area contributed by atoms with Gasteiger partial charge in [0.1, 0.15) is 0 Å². The van der Waals surface area contributed by atoms with E-state index in [0.717, 1.165) is 23.4 Å². The first kappa shape index (κ1) is 15.0. The molecule has 0 saturated carbocycles. The van der Waals surface area contributed by atoms with Gasteiger partial charge in [0.05, 0.1) is 12.2 Å². The van der Waals surface area contributed by atoms with Crippen LogP contribution < -0.4 is 10.6 Å². The predicted molar refractivity (Wildman–Crippen MR) is 85.5 cm³/mol. The maximum atomic E-state index is 12.3. The smallest absolute Gasteiger partial charge is 0.251 e. The quantitative estimate of drug-likeness (QED) is 0.887. The van der Waals surface area contributed by atoms with Crippen LogP contribution in [0.1, 0.15) is 34.1 Å². The SMILES string of the molecule is CCc1cccnc1CNC(=O)c1ccc(NC)cc1C. The largest absolute Gasteiger partial charge is 0.388 e. The Morgan fingerprint density at radius 1 is 1.29 bits per heavy atom. The lowest BCUT2D eigenvalue weighted by molar-refractivity contribution is 0.0950. The number of aromatic nitrogens is 1. The van der Waals surface area contributed by atoms with Crippen molar-refractivity contribution in [1.82, 2.24) is 10.3 Å². The summed E-state index contributed by atoms with van der Waals surface area (Å²) in [5.41, 5.74) is 4.75. The van der Waals surface area contributed by atoms with E-state index in [-0.39, 0.29) is 5.91 Å². The van der Waals surface area contributed by atoms with E-state index >= 15 is 0 Å². The van der Waals surface area contributed by atoms with Crippen LogP contribution in [0, 0.1) is 6.92 Å². The number of rotatable bonds is 5. The third-order valence-corrected chi connectivity index (χ3v) is 3.54. The van der Waals surface area contributed by atoms with Crippen LogP contribution >= 0.6 is 0 Å². The molecule has 1 amide bonds. The van der Waals surface area contributed by atoms with Crippen molar-refractivity contribution in [3.63, 3.8) is 0 Å². The van der Waals surface area contributed by atoms with E-state index in [0.29, 0.717) is 12.1 Å². The maximum Gasteiger partial charge on any atom is 0.251 e. The molecular formula is C17H21N3O. The summed E-state index contributed by atoms with van der Waals surface area (Å²) in [6, 6.07) is 9.68. The number of nitrogens with zero attached hydrogens (tertiary/aromatic N) is 1. The summed E-state index contributed by atoms with van der Waals surface area (Å²) < 4.78 is 0. The van der Waals surface area contributed by atoms with E-state index < -0.39 is 0 Å². The number of pyridine rings is 1.